The Balaban J connectivity index is 2.93. The number of ether oxygens (including phenoxy) is 2. The number of carbonyl (C=O) groups excluding carboxylic acids is 1. The van der Waals surface area contributed by atoms with Crippen molar-refractivity contribution >= 4 is 15.9 Å². The van der Waals surface area contributed by atoms with Crippen LogP contribution in [0.5, 0.6) is 11.5 Å². The van der Waals surface area contributed by atoms with E-state index in [1.54, 1.807) is 18.2 Å². The van der Waals surface area contributed by atoms with Gasteiger partial charge in [-0.2, -0.15) is 4.31 Å². The highest BCUT2D eigenvalue weighted by Gasteiger charge is 2.21. The van der Waals surface area contributed by atoms with Crippen molar-refractivity contribution in [2.24, 2.45) is 0 Å². The summed E-state index contributed by atoms with van der Waals surface area (Å²) >= 11 is 0. The van der Waals surface area contributed by atoms with Crippen LogP contribution in [0.3, 0.4) is 0 Å². The first-order chi connectivity index (χ1) is 11.2. The smallest absolute Gasteiger partial charge is 0.235 e. The van der Waals surface area contributed by atoms with E-state index in [1.807, 2.05) is 13.8 Å². The molecule has 24 heavy (non-hydrogen) atoms. The number of methoxy groups -OCH3 is 2. The van der Waals surface area contributed by atoms with Crippen LogP contribution in [0.15, 0.2) is 18.2 Å². The summed E-state index contributed by atoms with van der Waals surface area (Å²) in [6.45, 7) is 3.67. The SMILES string of the molecule is CCC(C)NC(=O)CN(Cc1ccc(OC)c(OC)c1)S(C)(=O)=O. The van der Waals surface area contributed by atoms with Crippen LogP contribution in [0.2, 0.25) is 0 Å². The van der Waals surface area contributed by atoms with Crippen molar-refractivity contribution in [3.8, 4) is 11.5 Å². The van der Waals surface area contributed by atoms with E-state index in [0.717, 1.165) is 17.0 Å². The van der Waals surface area contributed by atoms with Crippen molar-refractivity contribution in [1.82, 2.24) is 9.62 Å². The fourth-order valence-electron chi connectivity index (χ4n) is 2.06. The minimum Gasteiger partial charge on any atom is -0.493 e. The van der Waals surface area contributed by atoms with Gasteiger partial charge in [0, 0.05) is 12.6 Å². The average molecular weight is 358 g/mol. The molecule has 0 saturated carbocycles. The second kappa shape index (κ2) is 8.89. The Kier molecular flexibility index (Phi) is 7.50. The molecule has 1 N–H and O–H groups in total. The molecular formula is C16H26N2O5S. The van der Waals surface area contributed by atoms with Crippen molar-refractivity contribution in [2.45, 2.75) is 32.9 Å². The van der Waals surface area contributed by atoms with Gasteiger partial charge in [0.15, 0.2) is 11.5 Å². The summed E-state index contributed by atoms with van der Waals surface area (Å²) in [6, 6.07) is 5.14. The first-order valence-corrected chi connectivity index (χ1v) is 9.51. The lowest BCUT2D eigenvalue weighted by molar-refractivity contribution is -0.122. The standard InChI is InChI=1S/C16H26N2O5S/c1-6-12(2)17-16(19)11-18(24(5,20)21)10-13-7-8-14(22-3)15(9-13)23-4/h7-9,12H,6,10-11H2,1-5H3,(H,17,19). The molecule has 8 heteroatoms. The molecule has 0 aromatic heterocycles. The molecule has 0 saturated heterocycles. The van der Waals surface area contributed by atoms with Crippen molar-refractivity contribution in [3.63, 3.8) is 0 Å². The summed E-state index contributed by atoms with van der Waals surface area (Å²) in [5.41, 5.74) is 0.703. The zero-order valence-corrected chi connectivity index (χ0v) is 15.6. The molecule has 0 fully saturated rings. The Bertz CT molecular complexity index is 660. The summed E-state index contributed by atoms with van der Waals surface area (Å²) in [6.07, 6.45) is 1.87. The molecule has 0 aliphatic rings. The van der Waals surface area contributed by atoms with Gasteiger partial charge in [-0.1, -0.05) is 13.0 Å². The summed E-state index contributed by atoms with van der Waals surface area (Å²) in [5.74, 6) is 0.740. The Labute approximate surface area is 144 Å². The number of amides is 1. The summed E-state index contributed by atoms with van der Waals surface area (Å²) < 4.78 is 35.5. The second-order valence-electron chi connectivity index (χ2n) is 5.60. The van der Waals surface area contributed by atoms with Gasteiger partial charge in [-0.25, -0.2) is 8.42 Å². The topological polar surface area (TPSA) is 84.9 Å². The molecule has 0 aliphatic carbocycles. The monoisotopic (exact) mass is 358 g/mol. The van der Waals surface area contributed by atoms with Gasteiger partial charge in [0.05, 0.1) is 27.0 Å². The molecule has 1 unspecified atom stereocenters. The lowest BCUT2D eigenvalue weighted by atomic mass is 10.2. The Morgan fingerprint density at radius 3 is 2.38 bits per heavy atom. The highest BCUT2D eigenvalue weighted by molar-refractivity contribution is 7.88. The van der Waals surface area contributed by atoms with Crippen LogP contribution in [-0.2, 0) is 21.4 Å². The minimum absolute atomic E-state index is 0.00000863. The van der Waals surface area contributed by atoms with Crippen molar-refractivity contribution in [2.75, 3.05) is 27.0 Å². The molecule has 0 radical (unpaired) electrons. The Hall–Kier alpha value is -1.80. The van der Waals surface area contributed by atoms with Crippen LogP contribution >= 0.6 is 0 Å². The molecule has 136 valence electrons. The predicted molar refractivity (Wildman–Crippen MR) is 92.7 cm³/mol. The highest BCUT2D eigenvalue weighted by Crippen LogP contribution is 2.28. The van der Waals surface area contributed by atoms with Crippen molar-refractivity contribution < 1.29 is 22.7 Å². The highest BCUT2D eigenvalue weighted by atomic mass is 32.2. The number of nitrogens with zero attached hydrogens (tertiary/aromatic N) is 1. The van der Waals surface area contributed by atoms with E-state index in [1.165, 1.54) is 14.2 Å². The molecule has 1 aromatic carbocycles. The summed E-state index contributed by atoms with van der Waals surface area (Å²) in [5, 5.41) is 2.77. The molecular weight excluding hydrogens is 332 g/mol. The largest absolute Gasteiger partial charge is 0.493 e. The number of rotatable bonds is 9. The van der Waals surface area contributed by atoms with E-state index in [-0.39, 0.29) is 25.0 Å². The van der Waals surface area contributed by atoms with E-state index >= 15 is 0 Å². The Morgan fingerprint density at radius 1 is 1.25 bits per heavy atom. The number of hydrogen-bond donors (Lipinski definition) is 1. The summed E-state index contributed by atoms with van der Waals surface area (Å²) in [7, 11) is -0.499. The maximum atomic E-state index is 12.0. The van der Waals surface area contributed by atoms with Gasteiger partial charge in [0.2, 0.25) is 15.9 Å². The number of hydrogen-bond acceptors (Lipinski definition) is 5. The van der Waals surface area contributed by atoms with E-state index < -0.39 is 10.0 Å². The van der Waals surface area contributed by atoms with Crippen molar-refractivity contribution in [3.05, 3.63) is 23.8 Å². The summed E-state index contributed by atoms with van der Waals surface area (Å²) in [4.78, 5) is 12.0. The van der Waals surface area contributed by atoms with Gasteiger partial charge < -0.3 is 14.8 Å². The molecule has 0 aliphatic heterocycles. The number of sulfonamides is 1. The zero-order chi connectivity index (χ0) is 18.3. The van der Waals surface area contributed by atoms with Crippen LogP contribution in [-0.4, -0.2) is 51.7 Å². The van der Waals surface area contributed by atoms with Gasteiger partial charge in [0.25, 0.3) is 0 Å². The molecule has 1 rings (SSSR count). The van der Waals surface area contributed by atoms with Gasteiger partial charge >= 0.3 is 0 Å². The second-order valence-corrected chi connectivity index (χ2v) is 7.58. The van der Waals surface area contributed by atoms with E-state index in [2.05, 4.69) is 5.32 Å². The van der Waals surface area contributed by atoms with Gasteiger partial charge in [-0.15, -0.1) is 0 Å². The van der Waals surface area contributed by atoms with Crippen LogP contribution in [0, 0.1) is 0 Å². The van der Waals surface area contributed by atoms with E-state index in [4.69, 9.17) is 9.47 Å². The van der Waals surface area contributed by atoms with Gasteiger partial charge in [0.1, 0.15) is 0 Å². The quantitative estimate of drug-likeness (QED) is 0.721. The fraction of sp³-hybridized carbons (Fsp3) is 0.562. The first kappa shape index (κ1) is 20.2. The molecule has 0 spiro atoms. The molecule has 7 nitrogen and oxygen atoms in total. The van der Waals surface area contributed by atoms with Crippen LogP contribution < -0.4 is 14.8 Å². The zero-order valence-electron chi connectivity index (χ0n) is 14.8. The molecule has 0 heterocycles. The minimum atomic E-state index is -3.54. The predicted octanol–water partition coefficient (Wildman–Crippen LogP) is 1.38. The number of carbonyl (C=O) groups is 1. The molecule has 1 atom stereocenters. The third-order valence-electron chi connectivity index (χ3n) is 3.62. The molecule has 0 bridgehead atoms. The fourth-order valence-corrected chi connectivity index (χ4v) is 2.79. The van der Waals surface area contributed by atoms with E-state index in [0.29, 0.717) is 17.1 Å². The third-order valence-corrected chi connectivity index (χ3v) is 4.81. The average Bonchev–Trinajstić information content (AvgIpc) is 2.52. The normalized spacial score (nSPS) is 12.8. The van der Waals surface area contributed by atoms with Crippen LogP contribution in [0.25, 0.3) is 0 Å². The van der Waals surface area contributed by atoms with E-state index in [9.17, 15) is 13.2 Å². The third kappa shape index (κ3) is 6.01. The maximum absolute atomic E-state index is 12.0. The first-order valence-electron chi connectivity index (χ1n) is 7.66. The van der Waals surface area contributed by atoms with Crippen molar-refractivity contribution in [1.29, 1.82) is 0 Å². The van der Waals surface area contributed by atoms with Gasteiger partial charge in [-0.05, 0) is 31.0 Å². The Morgan fingerprint density at radius 2 is 1.88 bits per heavy atom. The maximum Gasteiger partial charge on any atom is 0.235 e. The van der Waals surface area contributed by atoms with Gasteiger partial charge in [-0.3, -0.25) is 4.79 Å². The number of benzene rings is 1. The van der Waals surface area contributed by atoms with Crippen LogP contribution in [0.1, 0.15) is 25.8 Å². The lowest BCUT2D eigenvalue weighted by Crippen LogP contribution is -2.42. The number of nitrogens with one attached hydrogen (secondary N) is 1. The molecule has 1 aromatic rings. The van der Waals surface area contributed by atoms with Crippen LogP contribution in [0.4, 0.5) is 0 Å². The lowest BCUT2D eigenvalue weighted by Gasteiger charge is -2.21. The molecule has 1 amide bonds.